The van der Waals surface area contributed by atoms with E-state index < -0.39 is 41.0 Å². The number of pyridine rings is 4. The average molecular weight is 935 g/mol. The van der Waals surface area contributed by atoms with Gasteiger partial charge in [0, 0.05) is 59.7 Å². The fraction of sp³-hybridized carbons (Fsp3) is 0.135. The summed E-state index contributed by atoms with van der Waals surface area (Å²) in [5.74, 6) is 0. The predicted molar refractivity (Wildman–Crippen MR) is 160 cm³/mol. The molecule has 4 heterocycles. The largest absolute Gasteiger partial charge is 0.222 e. The molecule has 0 amide bonds. The molecule has 0 radical (unpaired) electrons. The lowest BCUT2D eigenvalue weighted by Gasteiger charge is -2.17. The molecule has 328 valence electrons. The van der Waals surface area contributed by atoms with E-state index >= 15 is 0 Å². The molecule has 0 saturated carbocycles. The summed E-state index contributed by atoms with van der Waals surface area (Å²) in [6.45, 7) is 3.75. The minimum absolute atomic E-state index is 0.887. The molecule has 0 fully saturated rings. The number of rotatable bonds is 10. The molecule has 20 nitrogen and oxygen atoms in total. The third kappa shape index (κ3) is 29.5. The Morgan fingerprint density at radius 1 is 0.279 bits per heavy atom. The summed E-state index contributed by atoms with van der Waals surface area (Å²) in [5, 5.41) is 0. The van der Waals surface area contributed by atoms with Crippen LogP contribution in [-0.4, -0.2) is 0 Å². The van der Waals surface area contributed by atoms with Gasteiger partial charge in [-0.15, -0.1) is 41.0 Å². The third-order valence-electron chi connectivity index (χ3n) is 7.48. The van der Waals surface area contributed by atoms with Crippen molar-refractivity contribution in [3.8, 4) is 22.3 Å². The molecular weight excluding hydrogens is 898 g/mol. The smallest absolute Gasteiger partial charge is 0.173 e. The molecule has 6 aromatic rings. The lowest BCUT2D eigenvalue weighted by atomic mass is 10.1. The second-order valence-electron chi connectivity index (χ2n) is 12.0. The highest BCUT2D eigenvalue weighted by atomic mass is 35.7. The van der Waals surface area contributed by atoms with E-state index in [1.54, 1.807) is 0 Å². The fourth-order valence-corrected chi connectivity index (χ4v) is 5.13. The van der Waals surface area contributed by atoms with Gasteiger partial charge in [0.05, 0.1) is 6.42 Å². The molecule has 0 saturated heterocycles. The van der Waals surface area contributed by atoms with Gasteiger partial charge in [-0.25, -0.2) is 92.8 Å². The minimum Gasteiger partial charge on any atom is -0.222 e. The van der Waals surface area contributed by atoms with Gasteiger partial charge in [-0.1, -0.05) is 60.7 Å². The molecule has 0 bridgehead atoms. The van der Waals surface area contributed by atoms with E-state index in [1.165, 1.54) is 33.4 Å². The van der Waals surface area contributed by atoms with Crippen LogP contribution in [0.25, 0.3) is 22.3 Å². The van der Waals surface area contributed by atoms with Crippen molar-refractivity contribution in [2.75, 3.05) is 0 Å². The van der Waals surface area contributed by atoms with Crippen molar-refractivity contribution in [3.63, 3.8) is 0 Å². The van der Waals surface area contributed by atoms with Crippen LogP contribution in [0.5, 0.6) is 0 Å². The quantitative estimate of drug-likeness (QED) is 0.115. The van der Waals surface area contributed by atoms with Crippen molar-refractivity contribution >= 4 is 0 Å². The zero-order valence-corrected chi connectivity index (χ0v) is 34.4. The lowest BCUT2D eigenvalue weighted by molar-refractivity contribution is -2.00. The highest BCUT2D eigenvalue weighted by Crippen LogP contribution is 2.17. The van der Waals surface area contributed by atoms with Gasteiger partial charge in [0.1, 0.15) is 0 Å². The van der Waals surface area contributed by atoms with Crippen molar-refractivity contribution < 1.29 is 134 Å². The number of halogens is 4. The molecule has 0 atom stereocenters. The molecule has 4 aromatic heterocycles. The van der Waals surface area contributed by atoms with E-state index in [-0.39, 0.29) is 0 Å². The first-order valence-electron chi connectivity index (χ1n) is 16.8. The second-order valence-corrected chi connectivity index (χ2v) is 15.0. The molecule has 2 aromatic carbocycles. The summed E-state index contributed by atoms with van der Waals surface area (Å²) in [7, 11) is -19.8. The standard InChI is InChI=1S/C37H36N4.4ClHO4/c1-3-8-32(9-4-1)30-40-26-16-36(17-27-40)34-12-22-38(23-13-34)20-7-21-39-24-14-35(15-25-39)37-18-28-41(29-19-37)31-33-10-5-2-6-11-33;4*2-1(3,4)5/h1-6,8-19,22-29H,7,20-21,30-31H2;4*(H,2,3,4,5)/q+4;;;;/p-4. The maximum Gasteiger partial charge on any atom is 0.173 e. The Morgan fingerprint density at radius 3 is 0.689 bits per heavy atom. The molecule has 6 rings (SSSR count). The topological polar surface area (TPSA) is 384 Å². The monoisotopic (exact) mass is 932 g/mol. The van der Waals surface area contributed by atoms with E-state index in [2.05, 4.69) is 177 Å². The van der Waals surface area contributed by atoms with Gasteiger partial charge >= 0.3 is 0 Å². The van der Waals surface area contributed by atoms with Gasteiger partial charge in [-0.2, -0.15) is 0 Å². The number of hydrogen-bond donors (Lipinski definition) is 0. The highest BCUT2D eigenvalue weighted by molar-refractivity contribution is 5.61. The Kier molecular flexibility index (Phi) is 22.0. The van der Waals surface area contributed by atoms with Crippen LogP contribution in [0.15, 0.2) is 159 Å². The molecule has 61 heavy (non-hydrogen) atoms. The summed E-state index contributed by atoms with van der Waals surface area (Å²) in [6, 6.07) is 38.7. The second kappa shape index (κ2) is 25.5. The summed E-state index contributed by atoms with van der Waals surface area (Å²) in [6.07, 6.45) is 18.5. The number of hydrogen-bond acceptors (Lipinski definition) is 16. The first kappa shape index (κ1) is 52.7. The van der Waals surface area contributed by atoms with Gasteiger partial charge < -0.3 is 0 Å². The molecule has 0 N–H and O–H groups in total. The summed E-state index contributed by atoms with van der Waals surface area (Å²) < 4.78 is 145. The molecule has 24 heteroatoms. The Hall–Kier alpha value is -4.44. The van der Waals surface area contributed by atoms with E-state index in [1.807, 2.05) is 0 Å². The number of aromatic nitrogens is 4. The third-order valence-corrected chi connectivity index (χ3v) is 7.48. The van der Waals surface area contributed by atoms with Crippen LogP contribution in [0.3, 0.4) is 0 Å². The van der Waals surface area contributed by atoms with Crippen molar-refractivity contribution in [1.82, 2.24) is 0 Å². The van der Waals surface area contributed by atoms with Gasteiger partial charge in [0.2, 0.25) is 0 Å². The Bertz CT molecular complexity index is 1890. The van der Waals surface area contributed by atoms with Gasteiger partial charge in [-0.3, -0.25) is 0 Å². The van der Waals surface area contributed by atoms with Crippen LogP contribution in [0.1, 0.15) is 17.5 Å². The van der Waals surface area contributed by atoms with E-state index in [0.29, 0.717) is 0 Å². The first-order valence-corrected chi connectivity index (χ1v) is 21.7. The lowest BCUT2D eigenvalue weighted by Crippen LogP contribution is -2.68. The molecular formula is C37H36Cl4N4O16. The molecule has 0 aliphatic carbocycles. The average Bonchev–Trinajstić information content (AvgIpc) is 3.14. The van der Waals surface area contributed by atoms with Crippen molar-refractivity contribution in [3.05, 3.63) is 170 Å². The SMILES string of the molecule is [O-][Cl+3]([O-])([O-])[O-].[O-][Cl+3]([O-])([O-])[O-].[O-][Cl+3]([O-])([O-])[O-].[O-][Cl+3]([O-])([O-])[O-].c1ccc(C[n+]2ccc(-c3cc[n+](CCC[n+]4ccc(-c5cc[n+](Cc6ccccc6)cc5)cc4)cc3)cc2)cc1. The van der Waals surface area contributed by atoms with Crippen molar-refractivity contribution in [2.24, 2.45) is 0 Å². The molecule has 0 spiro atoms. The van der Waals surface area contributed by atoms with Crippen LogP contribution in [0, 0.1) is 41.0 Å². The van der Waals surface area contributed by atoms with Crippen LogP contribution in [0.2, 0.25) is 0 Å². The highest BCUT2D eigenvalue weighted by Gasteiger charge is 2.10. The Labute approximate surface area is 357 Å². The van der Waals surface area contributed by atoms with Crippen LogP contribution < -0.4 is 92.8 Å². The van der Waals surface area contributed by atoms with E-state index in [4.69, 9.17) is 74.5 Å². The van der Waals surface area contributed by atoms with Crippen molar-refractivity contribution in [1.29, 1.82) is 0 Å². The molecule has 0 aliphatic heterocycles. The minimum atomic E-state index is -4.94. The molecule has 0 aliphatic rings. The summed E-state index contributed by atoms with van der Waals surface area (Å²) in [5.41, 5.74) is 7.57. The van der Waals surface area contributed by atoms with Gasteiger partial charge in [-0.05, 0) is 22.3 Å². The Morgan fingerprint density at radius 2 is 0.475 bits per heavy atom. The van der Waals surface area contributed by atoms with Crippen LogP contribution in [0.4, 0.5) is 0 Å². The van der Waals surface area contributed by atoms with Crippen LogP contribution in [-0.2, 0) is 26.2 Å². The first-order chi connectivity index (χ1) is 28.3. The Balaban J connectivity index is 0.000000534. The predicted octanol–water partition coefficient (Wildman–Crippen LogP) is -13.7. The zero-order valence-electron chi connectivity index (χ0n) is 31.4. The van der Waals surface area contributed by atoms with E-state index in [9.17, 15) is 0 Å². The summed E-state index contributed by atoms with van der Waals surface area (Å²) in [4.78, 5) is 0. The zero-order chi connectivity index (χ0) is 45.7. The van der Waals surface area contributed by atoms with Gasteiger partial charge in [0.15, 0.2) is 75.8 Å². The summed E-state index contributed by atoms with van der Waals surface area (Å²) >= 11 is 0. The van der Waals surface area contributed by atoms with Crippen LogP contribution >= 0.6 is 0 Å². The molecule has 0 unspecified atom stereocenters. The van der Waals surface area contributed by atoms with E-state index in [0.717, 1.165) is 32.6 Å². The van der Waals surface area contributed by atoms with Gasteiger partial charge in [0.25, 0.3) is 0 Å². The van der Waals surface area contributed by atoms with Crippen molar-refractivity contribution in [2.45, 2.75) is 32.6 Å². The maximum atomic E-state index is 8.49. The normalized spacial score (nSPS) is 11.3. The number of aryl methyl sites for hydroxylation is 2. The fourth-order valence-electron chi connectivity index (χ4n) is 5.13. The number of benzene rings is 2. The number of nitrogens with zero attached hydrogens (tertiary/aromatic N) is 4. The maximum absolute atomic E-state index is 8.49.